The highest BCUT2D eigenvalue weighted by Gasteiger charge is 2.28. The van der Waals surface area contributed by atoms with E-state index in [1.54, 1.807) is 58.6 Å². The van der Waals surface area contributed by atoms with E-state index in [2.05, 4.69) is 22.1 Å². The van der Waals surface area contributed by atoms with Crippen LogP contribution < -0.4 is 18.9 Å². The summed E-state index contributed by atoms with van der Waals surface area (Å²) < 4.78 is 25.6. The molecule has 2 atom stereocenters. The van der Waals surface area contributed by atoms with Crippen LogP contribution in [0.15, 0.2) is 97.6 Å². The fourth-order valence-corrected chi connectivity index (χ4v) is 9.39. The van der Waals surface area contributed by atoms with Gasteiger partial charge in [0.2, 0.25) is 0 Å². The van der Waals surface area contributed by atoms with E-state index in [9.17, 15) is 40.5 Å². The Kier molecular flexibility index (Phi) is 21.8. The predicted molar refractivity (Wildman–Crippen MR) is 287 cm³/mol. The van der Waals surface area contributed by atoms with Gasteiger partial charge in [-0.25, -0.2) is 0 Å². The third-order valence-corrected chi connectivity index (χ3v) is 13.4. The molecule has 4 N–H and O–H groups in total. The summed E-state index contributed by atoms with van der Waals surface area (Å²) in [5.41, 5.74) is 8.93. The summed E-state index contributed by atoms with van der Waals surface area (Å²) in [7, 11) is 0. The predicted octanol–water partition coefficient (Wildman–Crippen LogP) is 10.2. The lowest BCUT2D eigenvalue weighted by Crippen LogP contribution is -2.42. The standard InChI is InChI=1S/C58H62Cl2N6O10/c1-5-15-65(51(13-17-67)57(69)70)31-45-21-49(59)55(23-53(45)73-33-41-19-39(25-61)27-63-29-41)75-35-43-9-7-11-47(37(43)3)48-12-8-10-44(38(48)4)36-76-56-24-54(74-34-42-20-40(26-62)28-64-30-42)46(22-50(56)60)32-66(16-6-2)52(14-18-68)58(71)72/h7-12,19-24,27-30,51-52,67-68H,5-6,13-18,31-36H2,1-4H3,(H,69,70)(H,71,72)/t51-,52-/m0/s1. The number of nitrogens with zero attached hydrogens (tertiary/aromatic N) is 6. The molecule has 6 rings (SSSR count). The van der Waals surface area contributed by atoms with Gasteiger partial charge in [0, 0.05) is 85.5 Å². The SMILES string of the molecule is CCCN(Cc1cc(Cl)c(OCc2cccc(-c3cccc(COc4cc(OCc5cncc(C#N)c5)c(CN(CCC)[C@@H](CCO)C(=O)O)cc4Cl)c3C)c2C)cc1OCc1cncc(C#N)c1)[C@@H](CCO)C(=O)O. The van der Waals surface area contributed by atoms with Gasteiger partial charge in [-0.05, 0) is 110 Å². The number of aliphatic carboxylic acids is 2. The first-order valence-corrected chi connectivity index (χ1v) is 25.6. The number of carboxylic acid groups (broad SMARTS) is 2. The number of ether oxygens (including phenoxy) is 4. The van der Waals surface area contributed by atoms with Crippen molar-refractivity contribution >= 4 is 35.1 Å². The number of carboxylic acids is 2. The van der Waals surface area contributed by atoms with Crippen LogP contribution in [0.4, 0.5) is 0 Å². The number of aliphatic hydroxyl groups excluding tert-OH is 2. The molecule has 0 amide bonds. The van der Waals surface area contributed by atoms with E-state index in [0.717, 1.165) is 33.4 Å². The summed E-state index contributed by atoms with van der Waals surface area (Å²) in [6.45, 7) is 8.94. The normalized spacial score (nSPS) is 11.9. The van der Waals surface area contributed by atoms with Gasteiger partial charge < -0.3 is 39.4 Å². The number of benzene rings is 4. The molecule has 2 aromatic heterocycles. The third-order valence-electron chi connectivity index (χ3n) is 12.8. The molecule has 6 aromatic rings. The van der Waals surface area contributed by atoms with Gasteiger partial charge in [0.15, 0.2) is 0 Å². The second kappa shape index (κ2) is 28.6. The molecule has 18 heteroatoms. The number of aliphatic hydroxyl groups is 2. The summed E-state index contributed by atoms with van der Waals surface area (Å²) in [6, 6.07) is 24.4. The van der Waals surface area contributed by atoms with Crippen LogP contribution in [0.2, 0.25) is 10.0 Å². The zero-order valence-corrected chi connectivity index (χ0v) is 44.5. The van der Waals surface area contributed by atoms with E-state index >= 15 is 0 Å². The van der Waals surface area contributed by atoms with Gasteiger partial charge in [0.05, 0.1) is 21.2 Å². The molecular weight excluding hydrogens is 1010 g/mol. The van der Waals surface area contributed by atoms with Gasteiger partial charge in [-0.2, -0.15) is 10.5 Å². The summed E-state index contributed by atoms with van der Waals surface area (Å²) >= 11 is 13.9. The minimum absolute atomic E-state index is 0.0392. The van der Waals surface area contributed by atoms with Crippen LogP contribution in [0.25, 0.3) is 11.1 Å². The van der Waals surface area contributed by atoms with Crippen molar-refractivity contribution in [1.29, 1.82) is 10.5 Å². The molecule has 76 heavy (non-hydrogen) atoms. The smallest absolute Gasteiger partial charge is 0.321 e. The van der Waals surface area contributed by atoms with Crippen molar-refractivity contribution in [2.24, 2.45) is 0 Å². The maximum atomic E-state index is 12.3. The monoisotopic (exact) mass is 1070 g/mol. The third kappa shape index (κ3) is 15.4. The van der Waals surface area contributed by atoms with Crippen molar-refractivity contribution in [3.05, 3.63) is 163 Å². The van der Waals surface area contributed by atoms with E-state index in [4.69, 9.17) is 42.1 Å². The fourth-order valence-electron chi connectivity index (χ4n) is 8.91. The number of hydrogen-bond acceptors (Lipinski definition) is 14. The van der Waals surface area contributed by atoms with Gasteiger partial charge in [0.25, 0.3) is 0 Å². The molecule has 0 radical (unpaired) electrons. The molecule has 398 valence electrons. The van der Waals surface area contributed by atoms with Crippen LogP contribution in [0.3, 0.4) is 0 Å². The van der Waals surface area contributed by atoms with Crippen molar-refractivity contribution < 1.29 is 49.0 Å². The van der Waals surface area contributed by atoms with E-state index in [1.165, 1.54) is 12.4 Å². The summed E-state index contributed by atoms with van der Waals surface area (Å²) in [5, 5.41) is 59.1. The minimum Gasteiger partial charge on any atom is -0.488 e. The van der Waals surface area contributed by atoms with Crippen molar-refractivity contribution in [2.75, 3.05) is 26.3 Å². The molecule has 0 aliphatic carbocycles. The average Bonchev–Trinajstić information content (AvgIpc) is 3.42. The molecule has 0 unspecified atom stereocenters. The summed E-state index contributed by atoms with van der Waals surface area (Å²) in [6.07, 6.45) is 7.53. The van der Waals surface area contributed by atoms with E-state index in [0.29, 0.717) is 82.3 Å². The number of halogens is 2. The lowest BCUT2D eigenvalue weighted by atomic mass is 9.92. The van der Waals surface area contributed by atoms with E-state index in [-0.39, 0.29) is 75.6 Å². The van der Waals surface area contributed by atoms with Crippen LogP contribution in [-0.4, -0.2) is 90.5 Å². The Morgan fingerprint density at radius 2 is 0.974 bits per heavy atom. The van der Waals surface area contributed by atoms with Crippen molar-refractivity contribution in [1.82, 2.24) is 19.8 Å². The van der Waals surface area contributed by atoms with Gasteiger partial charge in [-0.3, -0.25) is 29.4 Å². The maximum absolute atomic E-state index is 12.3. The highest BCUT2D eigenvalue weighted by Crippen LogP contribution is 2.38. The highest BCUT2D eigenvalue weighted by atomic mass is 35.5. The molecule has 0 bridgehead atoms. The van der Waals surface area contributed by atoms with Crippen molar-refractivity contribution in [2.45, 2.75) is 105 Å². The maximum Gasteiger partial charge on any atom is 0.321 e. The quantitative estimate of drug-likeness (QED) is 0.0342. The fraction of sp³-hybridized carbons (Fsp3) is 0.345. The van der Waals surface area contributed by atoms with Gasteiger partial charge in [0.1, 0.15) is 73.6 Å². The van der Waals surface area contributed by atoms with Gasteiger partial charge >= 0.3 is 11.9 Å². The Bertz CT molecular complexity index is 2850. The molecule has 2 heterocycles. The van der Waals surface area contributed by atoms with Crippen LogP contribution in [0.1, 0.15) is 95.2 Å². The zero-order chi connectivity index (χ0) is 54.7. The number of nitriles is 2. The van der Waals surface area contributed by atoms with Gasteiger partial charge in [-0.15, -0.1) is 0 Å². The summed E-state index contributed by atoms with van der Waals surface area (Å²) in [4.78, 5) is 36.5. The first-order valence-electron chi connectivity index (χ1n) is 24.9. The first kappa shape index (κ1) is 58.0. The van der Waals surface area contributed by atoms with Crippen molar-refractivity contribution in [3.63, 3.8) is 0 Å². The Morgan fingerprint density at radius 3 is 1.33 bits per heavy atom. The lowest BCUT2D eigenvalue weighted by molar-refractivity contribution is -0.145. The Balaban J connectivity index is 1.25. The molecule has 4 aromatic carbocycles. The number of pyridine rings is 2. The Labute approximate surface area is 453 Å². The van der Waals surface area contributed by atoms with Crippen molar-refractivity contribution in [3.8, 4) is 46.3 Å². The largest absolute Gasteiger partial charge is 0.488 e. The molecule has 16 nitrogen and oxygen atoms in total. The molecule has 0 saturated carbocycles. The minimum atomic E-state index is -1.05. The number of hydrogen-bond donors (Lipinski definition) is 4. The second-order valence-corrected chi connectivity index (χ2v) is 19.0. The highest BCUT2D eigenvalue weighted by molar-refractivity contribution is 6.32. The van der Waals surface area contributed by atoms with Crippen LogP contribution in [0.5, 0.6) is 23.0 Å². The summed E-state index contributed by atoms with van der Waals surface area (Å²) in [5.74, 6) is -0.615. The number of rotatable bonds is 29. The second-order valence-electron chi connectivity index (χ2n) is 18.2. The number of carbonyl (C=O) groups is 2. The average molecular weight is 1070 g/mol. The topological polar surface area (TPSA) is 232 Å². The number of aromatic nitrogens is 2. The van der Waals surface area contributed by atoms with Gasteiger partial charge in [-0.1, -0.05) is 73.4 Å². The van der Waals surface area contributed by atoms with Crippen LogP contribution in [0, 0.1) is 36.5 Å². The van der Waals surface area contributed by atoms with E-state index < -0.39 is 24.0 Å². The molecule has 0 spiro atoms. The first-order chi connectivity index (χ1) is 36.7. The van der Waals surface area contributed by atoms with Crippen LogP contribution in [-0.2, 0) is 49.1 Å². The molecular formula is C58H62Cl2N6O10. The van der Waals surface area contributed by atoms with Crippen LogP contribution >= 0.6 is 23.2 Å². The lowest BCUT2D eigenvalue weighted by Gasteiger charge is -2.29. The zero-order valence-electron chi connectivity index (χ0n) is 43.0. The molecule has 0 aliphatic rings. The molecule has 0 fully saturated rings. The Morgan fingerprint density at radius 1 is 0.579 bits per heavy atom. The Hall–Kier alpha value is -7.28. The molecule has 0 saturated heterocycles. The van der Waals surface area contributed by atoms with E-state index in [1.807, 2.05) is 64.1 Å². The molecule has 0 aliphatic heterocycles.